The molecule has 0 nitrogen and oxygen atoms in total. The number of halogens is 2. The van der Waals surface area contributed by atoms with Crippen LogP contribution in [-0.2, 0) is 6.42 Å². The molecule has 2 aromatic rings. The van der Waals surface area contributed by atoms with Crippen LogP contribution in [0.1, 0.15) is 11.1 Å². The molecule has 0 N–H and O–H groups in total. The minimum atomic E-state index is 0.617. The van der Waals surface area contributed by atoms with Crippen LogP contribution in [0, 0.1) is 0 Å². The van der Waals surface area contributed by atoms with E-state index in [2.05, 4.69) is 24.8 Å². The summed E-state index contributed by atoms with van der Waals surface area (Å²) < 4.78 is 0. The highest BCUT2D eigenvalue weighted by Crippen LogP contribution is 2.29. The van der Waals surface area contributed by atoms with Crippen LogP contribution in [-0.4, -0.2) is 0 Å². The molecule has 82 valence electrons. The van der Waals surface area contributed by atoms with E-state index < -0.39 is 0 Å². The molecule has 0 atom stereocenters. The Morgan fingerprint density at radius 2 is 1.69 bits per heavy atom. The van der Waals surface area contributed by atoms with Gasteiger partial charge in [0.25, 0.3) is 0 Å². The van der Waals surface area contributed by atoms with Crippen molar-refractivity contribution >= 4 is 35.8 Å². The van der Waals surface area contributed by atoms with Gasteiger partial charge in [-0.15, -0.1) is 12.6 Å². The lowest BCUT2D eigenvalue weighted by molar-refractivity contribution is 1.13. The third-order valence-electron chi connectivity index (χ3n) is 2.36. The van der Waals surface area contributed by atoms with Crippen LogP contribution >= 0.6 is 35.8 Å². The molecule has 0 amide bonds. The number of rotatable bonds is 2. The van der Waals surface area contributed by atoms with Crippen LogP contribution < -0.4 is 0 Å². The molecule has 0 saturated heterocycles. The van der Waals surface area contributed by atoms with Crippen molar-refractivity contribution in [3.05, 3.63) is 63.6 Å². The van der Waals surface area contributed by atoms with Crippen molar-refractivity contribution in [2.75, 3.05) is 0 Å². The summed E-state index contributed by atoms with van der Waals surface area (Å²) in [6, 6.07) is 13.7. The van der Waals surface area contributed by atoms with Gasteiger partial charge >= 0.3 is 0 Å². The van der Waals surface area contributed by atoms with E-state index in [0.29, 0.717) is 10.0 Å². The van der Waals surface area contributed by atoms with Gasteiger partial charge in [0.2, 0.25) is 0 Å². The summed E-state index contributed by atoms with van der Waals surface area (Å²) >= 11 is 16.4. The molecular formula is C13H10Cl2S. The summed E-state index contributed by atoms with van der Waals surface area (Å²) in [6.07, 6.45) is 0.773. The SMILES string of the molecule is Sc1cc(Cl)cc(Cl)c1Cc1ccccc1. The highest BCUT2D eigenvalue weighted by atomic mass is 35.5. The van der Waals surface area contributed by atoms with Gasteiger partial charge in [-0.1, -0.05) is 53.5 Å². The van der Waals surface area contributed by atoms with E-state index in [4.69, 9.17) is 23.2 Å². The first kappa shape index (κ1) is 11.8. The number of hydrogen-bond donors (Lipinski definition) is 1. The normalized spacial score (nSPS) is 10.4. The van der Waals surface area contributed by atoms with E-state index in [1.165, 1.54) is 5.56 Å². The van der Waals surface area contributed by atoms with Crippen LogP contribution in [0.25, 0.3) is 0 Å². The standard InChI is InChI=1S/C13H10Cl2S/c14-10-7-12(15)11(13(16)8-10)6-9-4-2-1-3-5-9/h1-5,7-8,16H,6H2. The molecule has 0 aliphatic heterocycles. The number of benzene rings is 2. The second-order valence-corrected chi connectivity index (χ2v) is 4.87. The molecule has 3 heteroatoms. The molecule has 0 heterocycles. The molecule has 0 saturated carbocycles. The first-order chi connectivity index (χ1) is 7.66. The Morgan fingerprint density at radius 1 is 1.00 bits per heavy atom. The average Bonchev–Trinajstić information content (AvgIpc) is 2.25. The van der Waals surface area contributed by atoms with Crippen LogP contribution in [0.15, 0.2) is 47.4 Å². The lowest BCUT2D eigenvalue weighted by Crippen LogP contribution is -1.91. The fourth-order valence-corrected chi connectivity index (χ4v) is 2.61. The van der Waals surface area contributed by atoms with Gasteiger partial charge in [-0.25, -0.2) is 0 Å². The van der Waals surface area contributed by atoms with Gasteiger partial charge in [0, 0.05) is 21.4 Å². The second-order valence-electron chi connectivity index (χ2n) is 3.55. The van der Waals surface area contributed by atoms with Crippen molar-refractivity contribution in [1.82, 2.24) is 0 Å². The molecule has 0 bridgehead atoms. The predicted molar refractivity (Wildman–Crippen MR) is 73.0 cm³/mol. The van der Waals surface area contributed by atoms with Gasteiger partial charge in [-0.2, -0.15) is 0 Å². The molecule has 0 aliphatic carbocycles. The van der Waals surface area contributed by atoms with Crippen LogP contribution in [0.2, 0.25) is 10.0 Å². The zero-order valence-corrected chi connectivity index (χ0v) is 10.9. The van der Waals surface area contributed by atoms with E-state index in [1.807, 2.05) is 24.3 Å². The highest BCUT2D eigenvalue weighted by molar-refractivity contribution is 7.80. The van der Waals surface area contributed by atoms with Crippen molar-refractivity contribution in [3.8, 4) is 0 Å². The summed E-state index contributed by atoms with van der Waals surface area (Å²) in [7, 11) is 0. The lowest BCUT2D eigenvalue weighted by Gasteiger charge is -2.08. The van der Waals surface area contributed by atoms with Gasteiger partial charge in [0.1, 0.15) is 0 Å². The van der Waals surface area contributed by atoms with E-state index in [1.54, 1.807) is 6.07 Å². The molecule has 0 spiro atoms. The maximum absolute atomic E-state index is 6.15. The number of thiol groups is 1. The Kier molecular flexibility index (Phi) is 3.80. The fourth-order valence-electron chi connectivity index (χ4n) is 1.56. The van der Waals surface area contributed by atoms with E-state index in [0.717, 1.165) is 16.9 Å². The van der Waals surface area contributed by atoms with Crippen molar-refractivity contribution in [3.63, 3.8) is 0 Å². The monoisotopic (exact) mass is 268 g/mol. The second kappa shape index (κ2) is 5.13. The van der Waals surface area contributed by atoms with E-state index in [-0.39, 0.29) is 0 Å². The Morgan fingerprint density at radius 3 is 2.31 bits per heavy atom. The Balaban J connectivity index is 2.35. The van der Waals surface area contributed by atoms with Crippen LogP contribution in [0.3, 0.4) is 0 Å². The molecule has 2 aromatic carbocycles. The molecule has 0 aliphatic rings. The van der Waals surface area contributed by atoms with Crippen molar-refractivity contribution in [2.24, 2.45) is 0 Å². The third-order valence-corrected chi connectivity index (χ3v) is 3.31. The van der Waals surface area contributed by atoms with Gasteiger partial charge in [-0.05, 0) is 23.3 Å². The summed E-state index contributed by atoms with van der Waals surface area (Å²) in [5, 5.41) is 1.29. The van der Waals surface area contributed by atoms with Gasteiger partial charge in [-0.3, -0.25) is 0 Å². The molecule has 0 radical (unpaired) electrons. The topological polar surface area (TPSA) is 0 Å². The largest absolute Gasteiger partial charge is 0.143 e. The zero-order chi connectivity index (χ0) is 11.5. The summed E-state index contributed by atoms with van der Waals surface area (Å²) in [5.74, 6) is 0. The summed E-state index contributed by atoms with van der Waals surface area (Å²) in [6.45, 7) is 0. The minimum absolute atomic E-state index is 0.617. The highest BCUT2D eigenvalue weighted by Gasteiger charge is 2.07. The number of hydrogen-bond acceptors (Lipinski definition) is 1. The van der Waals surface area contributed by atoms with Crippen molar-refractivity contribution in [2.45, 2.75) is 11.3 Å². The Hall–Kier alpha value is -0.630. The summed E-state index contributed by atoms with van der Waals surface area (Å²) in [5.41, 5.74) is 2.22. The van der Waals surface area contributed by atoms with Gasteiger partial charge in [0.15, 0.2) is 0 Å². The average molecular weight is 269 g/mol. The molecular weight excluding hydrogens is 259 g/mol. The Bertz CT molecular complexity index is 472. The predicted octanol–water partition coefficient (Wildman–Crippen LogP) is 4.87. The fraction of sp³-hybridized carbons (Fsp3) is 0.0769. The Labute approximate surface area is 111 Å². The third kappa shape index (κ3) is 2.73. The molecule has 2 rings (SSSR count). The first-order valence-electron chi connectivity index (χ1n) is 4.87. The summed E-state index contributed by atoms with van der Waals surface area (Å²) in [4.78, 5) is 0.835. The maximum Gasteiger partial charge on any atom is 0.0467 e. The van der Waals surface area contributed by atoms with Gasteiger partial charge in [0.05, 0.1) is 0 Å². The van der Waals surface area contributed by atoms with E-state index in [9.17, 15) is 0 Å². The quantitative estimate of drug-likeness (QED) is 0.738. The molecule has 16 heavy (non-hydrogen) atoms. The van der Waals surface area contributed by atoms with Crippen molar-refractivity contribution in [1.29, 1.82) is 0 Å². The van der Waals surface area contributed by atoms with Crippen LogP contribution in [0.5, 0.6) is 0 Å². The minimum Gasteiger partial charge on any atom is -0.143 e. The van der Waals surface area contributed by atoms with Crippen molar-refractivity contribution < 1.29 is 0 Å². The van der Waals surface area contributed by atoms with Gasteiger partial charge < -0.3 is 0 Å². The smallest absolute Gasteiger partial charge is 0.0467 e. The van der Waals surface area contributed by atoms with E-state index >= 15 is 0 Å². The first-order valence-corrected chi connectivity index (χ1v) is 6.08. The zero-order valence-electron chi connectivity index (χ0n) is 8.45. The van der Waals surface area contributed by atoms with Crippen LogP contribution in [0.4, 0.5) is 0 Å². The molecule has 0 unspecified atom stereocenters. The molecule has 0 aromatic heterocycles. The lowest BCUT2D eigenvalue weighted by atomic mass is 10.1. The molecule has 0 fully saturated rings. The maximum atomic E-state index is 6.15.